The predicted molar refractivity (Wildman–Crippen MR) is 103 cm³/mol. The average molecular weight is 352 g/mol. The molecule has 0 spiro atoms. The van der Waals surface area contributed by atoms with Gasteiger partial charge in [0.2, 0.25) is 5.91 Å². The van der Waals surface area contributed by atoms with E-state index >= 15 is 0 Å². The first-order chi connectivity index (χ1) is 12.3. The van der Waals surface area contributed by atoms with Gasteiger partial charge in [-0.25, -0.2) is 0 Å². The summed E-state index contributed by atoms with van der Waals surface area (Å²) >= 11 is 0. The first kappa shape index (κ1) is 17.4. The number of amides is 1. The van der Waals surface area contributed by atoms with Crippen molar-refractivity contribution >= 4 is 16.8 Å². The normalized spacial score (nSPS) is 27.4. The molecule has 3 atom stereocenters. The number of pyridine rings is 2. The van der Waals surface area contributed by atoms with E-state index in [1.54, 1.807) is 0 Å². The summed E-state index contributed by atoms with van der Waals surface area (Å²) in [6.45, 7) is 12.2. The van der Waals surface area contributed by atoms with Crippen LogP contribution in [0.1, 0.15) is 44.3 Å². The van der Waals surface area contributed by atoms with E-state index < -0.39 is 5.54 Å². The van der Waals surface area contributed by atoms with Crippen molar-refractivity contribution in [2.24, 2.45) is 17.3 Å². The lowest BCUT2D eigenvalue weighted by molar-refractivity contribution is -0.125. The van der Waals surface area contributed by atoms with Crippen LogP contribution in [0.2, 0.25) is 0 Å². The van der Waals surface area contributed by atoms with Crippen LogP contribution in [0.5, 0.6) is 0 Å². The number of nitrogens with zero attached hydrogens (tertiary/aromatic N) is 2. The lowest BCUT2D eigenvalue weighted by atomic mass is 9.94. The first-order valence-electron chi connectivity index (χ1n) is 9.57. The Morgan fingerprint density at radius 2 is 2.08 bits per heavy atom. The molecule has 2 aromatic rings. The van der Waals surface area contributed by atoms with Gasteiger partial charge < -0.3 is 10.6 Å². The number of piperidine rings is 1. The summed E-state index contributed by atoms with van der Waals surface area (Å²) in [7, 11) is 0. The molecule has 0 radical (unpaired) electrons. The third kappa shape index (κ3) is 2.52. The minimum atomic E-state index is -0.544. The summed E-state index contributed by atoms with van der Waals surface area (Å²) in [4.78, 5) is 22.5. The third-order valence-corrected chi connectivity index (χ3v) is 6.39. The molecule has 1 aliphatic carbocycles. The van der Waals surface area contributed by atoms with Gasteiger partial charge in [-0.3, -0.25) is 14.8 Å². The molecule has 1 amide bonds. The molecule has 3 unspecified atom stereocenters. The summed E-state index contributed by atoms with van der Waals surface area (Å²) in [6.07, 6.45) is 1.05. The van der Waals surface area contributed by atoms with Crippen LogP contribution in [0.3, 0.4) is 0 Å². The van der Waals surface area contributed by atoms with Crippen molar-refractivity contribution in [2.45, 2.75) is 46.6 Å². The fourth-order valence-electron chi connectivity index (χ4n) is 4.93. The molecule has 26 heavy (non-hydrogen) atoms. The van der Waals surface area contributed by atoms with Crippen LogP contribution in [0.15, 0.2) is 18.2 Å². The van der Waals surface area contributed by atoms with Crippen molar-refractivity contribution in [3.8, 4) is 0 Å². The lowest BCUT2D eigenvalue weighted by Crippen LogP contribution is -2.44. The Morgan fingerprint density at radius 1 is 1.31 bits per heavy atom. The van der Waals surface area contributed by atoms with E-state index in [-0.39, 0.29) is 17.2 Å². The highest BCUT2D eigenvalue weighted by atomic mass is 16.2. The largest absolute Gasteiger partial charge is 0.345 e. The van der Waals surface area contributed by atoms with Crippen molar-refractivity contribution in [2.75, 3.05) is 13.1 Å². The number of aromatic nitrogens is 2. The van der Waals surface area contributed by atoms with Crippen LogP contribution in [-0.2, 0) is 10.3 Å². The minimum absolute atomic E-state index is 0.129. The molecule has 3 heterocycles. The zero-order valence-corrected chi connectivity index (χ0v) is 16.3. The molecule has 2 aromatic heterocycles. The number of carbonyl (C=O) groups is 1. The highest BCUT2D eigenvalue weighted by molar-refractivity contribution is 5.87. The van der Waals surface area contributed by atoms with Gasteiger partial charge in [-0.15, -0.1) is 0 Å². The number of fused-ring (bicyclic) bond motifs is 2. The van der Waals surface area contributed by atoms with Gasteiger partial charge in [0.25, 0.3) is 0 Å². The van der Waals surface area contributed by atoms with Gasteiger partial charge in [-0.2, -0.15) is 0 Å². The number of aryl methyl sites for hydroxylation is 2. The van der Waals surface area contributed by atoms with Crippen molar-refractivity contribution in [3.05, 3.63) is 35.3 Å². The van der Waals surface area contributed by atoms with Gasteiger partial charge in [-0.05, 0) is 70.2 Å². The predicted octanol–water partition coefficient (Wildman–Crippen LogP) is 2.84. The average Bonchev–Trinajstić information content (AvgIpc) is 3.02. The number of hydrogen-bond acceptors (Lipinski definition) is 4. The molecule has 5 heteroatoms. The van der Waals surface area contributed by atoms with E-state index in [9.17, 15) is 4.79 Å². The Bertz CT molecular complexity index is 886. The van der Waals surface area contributed by atoms with E-state index in [1.807, 2.05) is 39.8 Å². The van der Waals surface area contributed by atoms with E-state index in [0.29, 0.717) is 5.92 Å². The minimum Gasteiger partial charge on any atom is -0.345 e. The summed E-state index contributed by atoms with van der Waals surface area (Å²) < 4.78 is 0. The molecule has 4 rings (SSSR count). The van der Waals surface area contributed by atoms with Gasteiger partial charge >= 0.3 is 0 Å². The van der Waals surface area contributed by atoms with E-state index in [1.165, 1.54) is 0 Å². The van der Waals surface area contributed by atoms with Gasteiger partial charge in [-0.1, -0.05) is 6.92 Å². The second-order valence-electron chi connectivity index (χ2n) is 8.55. The molecular weight excluding hydrogens is 324 g/mol. The molecule has 1 saturated carbocycles. The third-order valence-electron chi connectivity index (χ3n) is 6.39. The Morgan fingerprint density at radius 3 is 2.77 bits per heavy atom. The van der Waals surface area contributed by atoms with E-state index in [0.717, 1.165) is 47.5 Å². The quantitative estimate of drug-likeness (QED) is 0.888. The zero-order valence-electron chi connectivity index (χ0n) is 16.3. The molecule has 2 aliphatic rings. The zero-order chi connectivity index (χ0) is 18.7. The lowest BCUT2D eigenvalue weighted by Gasteiger charge is -2.28. The Balaban J connectivity index is 1.65. The highest BCUT2D eigenvalue weighted by Gasteiger charge is 2.68. The van der Waals surface area contributed by atoms with Crippen LogP contribution in [-0.4, -0.2) is 29.0 Å². The molecular formula is C21H28N4O. The van der Waals surface area contributed by atoms with Crippen LogP contribution in [0, 0.1) is 31.1 Å². The smallest absolute Gasteiger partial charge is 0.224 e. The first-order valence-corrected chi connectivity index (χ1v) is 9.57. The maximum absolute atomic E-state index is 13.1. The van der Waals surface area contributed by atoms with Crippen molar-refractivity contribution in [1.29, 1.82) is 0 Å². The molecule has 138 valence electrons. The molecule has 2 fully saturated rings. The van der Waals surface area contributed by atoms with Crippen molar-refractivity contribution < 1.29 is 4.79 Å². The monoisotopic (exact) mass is 352 g/mol. The molecule has 1 aliphatic heterocycles. The highest BCUT2D eigenvalue weighted by Crippen LogP contribution is 2.63. The number of hydrogen-bond donors (Lipinski definition) is 2. The van der Waals surface area contributed by atoms with Crippen LogP contribution < -0.4 is 10.6 Å². The SMILES string of the molecule is CCC12CNCC1C2C(=O)NC(C)(C)c1nc(C)cc2nc(C)ccc12. The Kier molecular flexibility index (Phi) is 3.85. The maximum atomic E-state index is 13.1. The molecule has 1 saturated heterocycles. The Hall–Kier alpha value is -2.01. The summed E-state index contributed by atoms with van der Waals surface area (Å²) in [5.41, 5.74) is 3.36. The summed E-state index contributed by atoms with van der Waals surface area (Å²) in [5, 5.41) is 7.74. The van der Waals surface area contributed by atoms with E-state index in [2.05, 4.69) is 28.6 Å². The fraction of sp³-hybridized carbons (Fsp3) is 0.571. The molecule has 5 nitrogen and oxygen atoms in total. The van der Waals surface area contributed by atoms with Crippen LogP contribution in [0.25, 0.3) is 10.9 Å². The molecule has 2 N–H and O–H groups in total. The second kappa shape index (κ2) is 5.74. The van der Waals surface area contributed by atoms with Gasteiger partial charge in [0.05, 0.1) is 16.7 Å². The second-order valence-corrected chi connectivity index (χ2v) is 8.55. The maximum Gasteiger partial charge on any atom is 0.224 e. The van der Waals surface area contributed by atoms with E-state index in [4.69, 9.17) is 4.98 Å². The van der Waals surface area contributed by atoms with Crippen molar-refractivity contribution in [3.63, 3.8) is 0 Å². The van der Waals surface area contributed by atoms with Crippen LogP contribution >= 0.6 is 0 Å². The number of carbonyl (C=O) groups excluding carboxylic acids is 1. The standard InChI is InChI=1S/C21H28N4O/c1-6-21-11-22-10-15(21)17(21)19(26)25-20(4,5)18-14-8-7-12(2)23-16(14)9-13(3)24-18/h7-9,15,17,22H,6,10-11H2,1-5H3,(H,25,26). The molecule has 0 aromatic carbocycles. The molecule has 0 bridgehead atoms. The summed E-state index contributed by atoms with van der Waals surface area (Å²) in [5.74, 6) is 0.777. The fourth-order valence-corrected chi connectivity index (χ4v) is 4.93. The number of rotatable bonds is 4. The van der Waals surface area contributed by atoms with Gasteiger partial charge in [0, 0.05) is 29.2 Å². The van der Waals surface area contributed by atoms with Gasteiger partial charge in [0.15, 0.2) is 0 Å². The van der Waals surface area contributed by atoms with Crippen LogP contribution in [0.4, 0.5) is 0 Å². The van der Waals surface area contributed by atoms with Gasteiger partial charge in [0.1, 0.15) is 0 Å². The Labute approximate surface area is 155 Å². The van der Waals surface area contributed by atoms with Crippen molar-refractivity contribution in [1.82, 2.24) is 20.6 Å². The number of nitrogens with one attached hydrogen (secondary N) is 2. The summed E-state index contributed by atoms with van der Waals surface area (Å²) in [6, 6.07) is 6.08. The topological polar surface area (TPSA) is 66.9 Å².